The summed E-state index contributed by atoms with van der Waals surface area (Å²) >= 11 is 1.60. The number of carbonyl (C=O) groups excluding carboxylic acids is 3. The number of hydrogen-bond donors (Lipinski definition) is 2. The number of rotatable bonds is 10. The zero-order chi connectivity index (χ0) is 26.0. The molecule has 2 N–H and O–H groups in total. The molecule has 4 aliphatic rings. The molecule has 5 unspecified atom stereocenters. The van der Waals surface area contributed by atoms with Crippen molar-refractivity contribution in [3.05, 3.63) is 36.4 Å². The highest BCUT2D eigenvalue weighted by Gasteiger charge is 2.72. The molecule has 37 heavy (non-hydrogen) atoms. The standard InChI is InChI=1S/C28H37N3O5S/c1-3-35-16-8-15-31-24(26(33)29-18-9-5-4-6-10-18)28-14-13-21(36-28)22(23(28)27(31)34)25(32)30-19-11-7-12-20(17-19)37-2/h7,11-14,17-18,21-24H,3-6,8-10,15-16H2,1-2H3,(H,29,33)(H,30,32). The van der Waals surface area contributed by atoms with E-state index in [1.54, 1.807) is 16.7 Å². The molecule has 1 spiro atoms. The van der Waals surface area contributed by atoms with Gasteiger partial charge in [0.1, 0.15) is 11.6 Å². The van der Waals surface area contributed by atoms with Gasteiger partial charge in [-0.3, -0.25) is 14.4 Å². The first-order valence-electron chi connectivity index (χ1n) is 13.5. The number of thioether (sulfide) groups is 1. The van der Waals surface area contributed by atoms with Gasteiger partial charge < -0.3 is 25.0 Å². The molecule has 3 fully saturated rings. The summed E-state index contributed by atoms with van der Waals surface area (Å²) in [7, 11) is 0. The summed E-state index contributed by atoms with van der Waals surface area (Å²) in [6.07, 6.45) is 11.1. The molecule has 3 aliphatic heterocycles. The topological polar surface area (TPSA) is 97.0 Å². The average Bonchev–Trinajstić information content (AvgIpc) is 3.54. The number of nitrogens with one attached hydrogen (secondary N) is 2. The molecule has 1 saturated carbocycles. The second kappa shape index (κ2) is 11.2. The summed E-state index contributed by atoms with van der Waals surface area (Å²) in [5.41, 5.74) is -0.446. The maximum absolute atomic E-state index is 13.9. The van der Waals surface area contributed by atoms with Gasteiger partial charge in [0.25, 0.3) is 0 Å². The summed E-state index contributed by atoms with van der Waals surface area (Å²) in [4.78, 5) is 43.9. The van der Waals surface area contributed by atoms with E-state index in [1.807, 2.05) is 49.6 Å². The van der Waals surface area contributed by atoms with Crippen LogP contribution in [-0.4, -0.2) is 72.4 Å². The molecular weight excluding hydrogens is 490 g/mol. The minimum atomic E-state index is -1.13. The molecule has 0 aromatic heterocycles. The molecule has 200 valence electrons. The van der Waals surface area contributed by atoms with Crippen molar-refractivity contribution in [2.75, 3.05) is 31.3 Å². The van der Waals surface area contributed by atoms with Crippen molar-refractivity contribution in [3.63, 3.8) is 0 Å². The van der Waals surface area contributed by atoms with Crippen molar-refractivity contribution >= 4 is 35.2 Å². The van der Waals surface area contributed by atoms with Crippen LogP contribution in [0.1, 0.15) is 45.4 Å². The van der Waals surface area contributed by atoms with E-state index in [0.29, 0.717) is 31.9 Å². The number of carbonyl (C=O) groups is 3. The monoisotopic (exact) mass is 527 g/mol. The molecule has 0 radical (unpaired) electrons. The molecular formula is C28H37N3O5S. The molecule has 3 heterocycles. The number of benzene rings is 1. The van der Waals surface area contributed by atoms with Crippen molar-refractivity contribution < 1.29 is 23.9 Å². The van der Waals surface area contributed by atoms with E-state index in [9.17, 15) is 14.4 Å². The summed E-state index contributed by atoms with van der Waals surface area (Å²) < 4.78 is 11.9. The lowest BCUT2D eigenvalue weighted by Crippen LogP contribution is -2.56. The maximum atomic E-state index is 13.9. The first kappa shape index (κ1) is 26.3. The van der Waals surface area contributed by atoms with Crippen molar-refractivity contribution in [2.45, 2.75) is 74.1 Å². The Morgan fingerprint density at radius 3 is 2.78 bits per heavy atom. The van der Waals surface area contributed by atoms with Gasteiger partial charge in [0.2, 0.25) is 17.7 Å². The lowest BCUT2D eigenvalue weighted by atomic mass is 9.74. The van der Waals surface area contributed by atoms with Crippen LogP contribution in [0.2, 0.25) is 0 Å². The van der Waals surface area contributed by atoms with Crippen molar-refractivity contribution in [2.24, 2.45) is 11.8 Å². The van der Waals surface area contributed by atoms with Crippen LogP contribution in [0.15, 0.2) is 41.3 Å². The molecule has 5 rings (SSSR count). The van der Waals surface area contributed by atoms with E-state index in [1.165, 1.54) is 6.42 Å². The van der Waals surface area contributed by atoms with Crippen molar-refractivity contribution in [1.82, 2.24) is 10.2 Å². The Kier molecular flexibility index (Phi) is 7.93. The Morgan fingerprint density at radius 1 is 1.22 bits per heavy atom. The lowest BCUT2D eigenvalue weighted by Gasteiger charge is -2.34. The van der Waals surface area contributed by atoms with Crippen LogP contribution in [0.5, 0.6) is 0 Å². The van der Waals surface area contributed by atoms with Gasteiger partial charge in [-0.1, -0.05) is 37.5 Å². The fraction of sp³-hybridized carbons (Fsp3) is 0.607. The molecule has 8 nitrogen and oxygen atoms in total. The Morgan fingerprint density at radius 2 is 2.03 bits per heavy atom. The van der Waals surface area contributed by atoms with Gasteiger partial charge >= 0.3 is 0 Å². The highest BCUT2D eigenvalue weighted by atomic mass is 32.2. The van der Waals surface area contributed by atoms with Crippen LogP contribution in [-0.2, 0) is 23.9 Å². The van der Waals surface area contributed by atoms with Crippen LogP contribution in [0.4, 0.5) is 5.69 Å². The number of nitrogens with zero attached hydrogens (tertiary/aromatic N) is 1. The number of likely N-dealkylation sites (tertiary alicyclic amines) is 1. The Bertz CT molecular complexity index is 1060. The fourth-order valence-corrected chi connectivity index (χ4v) is 6.90. The predicted octanol–water partition coefficient (Wildman–Crippen LogP) is 3.37. The lowest BCUT2D eigenvalue weighted by molar-refractivity contribution is -0.141. The first-order chi connectivity index (χ1) is 18.0. The number of hydrogen-bond acceptors (Lipinski definition) is 6. The van der Waals surface area contributed by atoms with Crippen molar-refractivity contribution in [3.8, 4) is 0 Å². The normalized spacial score (nSPS) is 30.5. The van der Waals surface area contributed by atoms with Gasteiger partial charge in [-0.05, 0) is 50.6 Å². The molecule has 3 amide bonds. The molecule has 1 aliphatic carbocycles. The Balaban J connectivity index is 1.40. The van der Waals surface area contributed by atoms with E-state index < -0.39 is 29.6 Å². The third-order valence-electron chi connectivity index (χ3n) is 8.11. The predicted molar refractivity (Wildman–Crippen MR) is 142 cm³/mol. The van der Waals surface area contributed by atoms with E-state index in [-0.39, 0.29) is 23.8 Å². The minimum Gasteiger partial charge on any atom is -0.382 e. The number of ether oxygens (including phenoxy) is 2. The first-order valence-corrected chi connectivity index (χ1v) is 14.7. The van der Waals surface area contributed by atoms with Crippen LogP contribution in [0, 0.1) is 11.8 Å². The summed E-state index contributed by atoms with van der Waals surface area (Å²) in [5, 5.41) is 6.22. The number of fused-ring (bicyclic) bond motifs is 1. The third kappa shape index (κ3) is 4.93. The van der Waals surface area contributed by atoms with Gasteiger partial charge in [-0.15, -0.1) is 11.8 Å². The summed E-state index contributed by atoms with van der Waals surface area (Å²) in [6, 6.07) is 6.95. The van der Waals surface area contributed by atoms with Crippen LogP contribution >= 0.6 is 11.8 Å². The van der Waals surface area contributed by atoms with E-state index in [0.717, 1.165) is 30.6 Å². The minimum absolute atomic E-state index is 0.113. The molecule has 1 aromatic rings. The van der Waals surface area contributed by atoms with Crippen molar-refractivity contribution in [1.29, 1.82) is 0 Å². The summed E-state index contributed by atoms with van der Waals surface area (Å²) in [5.74, 6) is -2.06. The largest absolute Gasteiger partial charge is 0.382 e. The van der Waals surface area contributed by atoms with Gasteiger partial charge in [0.05, 0.1) is 17.9 Å². The molecule has 2 saturated heterocycles. The van der Waals surface area contributed by atoms with Crippen LogP contribution in [0.3, 0.4) is 0 Å². The zero-order valence-corrected chi connectivity index (χ0v) is 22.4. The maximum Gasteiger partial charge on any atom is 0.246 e. The Labute approximate surface area is 222 Å². The van der Waals surface area contributed by atoms with Gasteiger partial charge in [-0.25, -0.2) is 0 Å². The highest BCUT2D eigenvalue weighted by molar-refractivity contribution is 7.98. The van der Waals surface area contributed by atoms with E-state index in [2.05, 4.69) is 10.6 Å². The summed E-state index contributed by atoms with van der Waals surface area (Å²) in [6.45, 7) is 3.41. The van der Waals surface area contributed by atoms with E-state index >= 15 is 0 Å². The van der Waals surface area contributed by atoms with Gasteiger partial charge in [0.15, 0.2) is 0 Å². The van der Waals surface area contributed by atoms with Gasteiger partial charge in [-0.2, -0.15) is 0 Å². The molecule has 5 atom stereocenters. The second-order valence-corrected chi connectivity index (χ2v) is 11.2. The molecule has 1 aromatic carbocycles. The average molecular weight is 528 g/mol. The number of amides is 3. The third-order valence-corrected chi connectivity index (χ3v) is 8.83. The molecule has 2 bridgehead atoms. The molecule has 9 heteroatoms. The fourth-order valence-electron chi connectivity index (χ4n) is 6.44. The zero-order valence-electron chi connectivity index (χ0n) is 21.6. The van der Waals surface area contributed by atoms with Crippen LogP contribution in [0.25, 0.3) is 0 Å². The number of anilines is 1. The van der Waals surface area contributed by atoms with E-state index in [4.69, 9.17) is 9.47 Å². The SMILES string of the molecule is CCOCCCN1C(=O)C2C(C(=O)Nc3cccc(SC)c3)C3C=CC2(O3)C1C(=O)NC1CCCCC1. The van der Waals surface area contributed by atoms with Gasteiger partial charge in [0, 0.05) is 36.4 Å². The second-order valence-electron chi connectivity index (χ2n) is 10.3. The highest BCUT2D eigenvalue weighted by Crippen LogP contribution is 2.55. The quantitative estimate of drug-likeness (QED) is 0.275. The smallest absolute Gasteiger partial charge is 0.246 e. The van der Waals surface area contributed by atoms with Crippen LogP contribution < -0.4 is 10.6 Å². The Hall–Kier alpha value is -2.36.